The van der Waals surface area contributed by atoms with Gasteiger partial charge in [-0.3, -0.25) is 9.59 Å². The van der Waals surface area contributed by atoms with Gasteiger partial charge in [-0.05, 0) is 57.7 Å². The number of nitrogens with one attached hydrogen (secondary N) is 1. The van der Waals surface area contributed by atoms with E-state index in [1.165, 1.54) is 4.31 Å². The topological polar surface area (TPSA) is 86.8 Å². The van der Waals surface area contributed by atoms with E-state index >= 15 is 0 Å². The van der Waals surface area contributed by atoms with Crippen LogP contribution in [0.2, 0.25) is 0 Å². The summed E-state index contributed by atoms with van der Waals surface area (Å²) in [6.07, 6.45) is 1.40. The molecule has 1 N–H and O–H groups in total. The van der Waals surface area contributed by atoms with E-state index in [1.807, 2.05) is 39.8 Å². The Morgan fingerprint density at radius 1 is 1.17 bits per heavy atom. The van der Waals surface area contributed by atoms with E-state index < -0.39 is 10.0 Å². The molecule has 0 bridgehead atoms. The summed E-state index contributed by atoms with van der Waals surface area (Å²) in [6.45, 7) is 8.80. The lowest BCUT2D eigenvalue weighted by Gasteiger charge is -2.32. The van der Waals surface area contributed by atoms with Crippen LogP contribution in [0.15, 0.2) is 23.1 Å². The lowest BCUT2D eigenvalue weighted by atomic mass is 10.0. The Labute approximate surface area is 173 Å². The number of hydrogen-bond donors (Lipinski definition) is 1. The Balaban J connectivity index is 1.57. The fourth-order valence-corrected chi connectivity index (χ4v) is 5.87. The first-order valence-electron chi connectivity index (χ1n) is 10.3. The van der Waals surface area contributed by atoms with E-state index in [-0.39, 0.29) is 36.2 Å². The summed E-state index contributed by atoms with van der Waals surface area (Å²) in [7, 11) is -3.54. The van der Waals surface area contributed by atoms with Crippen LogP contribution >= 0.6 is 0 Å². The maximum atomic E-state index is 13.0. The van der Waals surface area contributed by atoms with E-state index in [0.29, 0.717) is 37.4 Å². The fraction of sp³-hybridized carbons (Fsp3) is 0.619. The van der Waals surface area contributed by atoms with Crippen LogP contribution in [0, 0.1) is 19.8 Å². The molecule has 160 valence electrons. The number of rotatable bonds is 5. The summed E-state index contributed by atoms with van der Waals surface area (Å²) in [4.78, 5) is 26.7. The molecule has 7 nitrogen and oxygen atoms in total. The standard InChI is InChI=1S/C21H31N3O4S/c1-14(2)24-13-17(12-20(24)25)21(26)22-18-7-9-23(10-8-18)29(27,28)19-11-15(3)5-6-16(19)4/h5-6,11,14,17-18H,7-10,12-13H2,1-4H3,(H,22,26). The number of carbonyl (C=O) groups excluding carboxylic acids is 2. The molecule has 2 amide bonds. The van der Waals surface area contributed by atoms with Gasteiger partial charge in [-0.1, -0.05) is 12.1 Å². The molecule has 3 rings (SSSR count). The van der Waals surface area contributed by atoms with E-state index in [9.17, 15) is 18.0 Å². The van der Waals surface area contributed by atoms with Gasteiger partial charge in [0.15, 0.2) is 0 Å². The second-order valence-electron chi connectivity index (χ2n) is 8.50. The Kier molecular flexibility index (Phi) is 6.33. The molecule has 0 aliphatic carbocycles. The predicted molar refractivity (Wildman–Crippen MR) is 111 cm³/mol. The quantitative estimate of drug-likeness (QED) is 0.786. The molecule has 29 heavy (non-hydrogen) atoms. The number of amides is 2. The highest BCUT2D eigenvalue weighted by molar-refractivity contribution is 7.89. The van der Waals surface area contributed by atoms with Crippen LogP contribution in [0.25, 0.3) is 0 Å². The highest BCUT2D eigenvalue weighted by Crippen LogP contribution is 2.25. The van der Waals surface area contributed by atoms with Crippen molar-refractivity contribution in [3.63, 3.8) is 0 Å². The maximum absolute atomic E-state index is 13.0. The zero-order valence-corrected chi connectivity index (χ0v) is 18.5. The van der Waals surface area contributed by atoms with Crippen LogP contribution in [-0.4, -0.2) is 61.2 Å². The van der Waals surface area contributed by atoms with Crippen molar-refractivity contribution in [2.24, 2.45) is 5.92 Å². The molecule has 2 aliphatic rings. The van der Waals surface area contributed by atoms with Crippen LogP contribution in [0.5, 0.6) is 0 Å². The van der Waals surface area contributed by atoms with Gasteiger partial charge in [0.2, 0.25) is 21.8 Å². The minimum atomic E-state index is -3.54. The zero-order valence-electron chi connectivity index (χ0n) is 17.6. The third-order valence-corrected chi connectivity index (χ3v) is 7.95. The molecule has 0 aromatic heterocycles. The van der Waals surface area contributed by atoms with Crippen molar-refractivity contribution in [2.45, 2.75) is 63.9 Å². The van der Waals surface area contributed by atoms with Gasteiger partial charge in [0, 0.05) is 38.1 Å². The van der Waals surface area contributed by atoms with Crippen molar-refractivity contribution >= 4 is 21.8 Å². The minimum Gasteiger partial charge on any atom is -0.353 e. The molecule has 1 aromatic carbocycles. The maximum Gasteiger partial charge on any atom is 0.243 e. The van der Waals surface area contributed by atoms with Crippen LogP contribution in [0.4, 0.5) is 0 Å². The van der Waals surface area contributed by atoms with Crippen molar-refractivity contribution < 1.29 is 18.0 Å². The highest BCUT2D eigenvalue weighted by atomic mass is 32.2. The molecule has 8 heteroatoms. The molecule has 2 fully saturated rings. The lowest BCUT2D eigenvalue weighted by molar-refractivity contribution is -0.130. The van der Waals surface area contributed by atoms with Crippen molar-refractivity contribution in [3.8, 4) is 0 Å². The summed E-state index contributed by atoms with van der Waals surface area (Å²) in [5.74, 6) is -0.395. The smallest absolute Gasteiger partial charge is 0.243 e. The molecule has 1 aromatic rings. The van der Waals surface area contributed by atoms with E-state index in [1.54, 1.807) is 11.0 Å². The first kappa shape index (κ1) is 21.8. The fourth-order valence-electron chi connectivity index (χ4n) is 4.09. The molecular formula is C21H31N3O4S. The average molecular weight is 422 g/mol. The largest absolute Gasteiger partial charge is 0.353 e. The van der Waals surface area contributed by atoms with Gasteiger partial charge < -0.3 is 10.2 Å². The van der Waals surface area contributed by atoms with Crippen molar-refractivity contribution in [3.05, 3.63) is 29.3 Å². The Bertz CT molecular complexity index is 889. The van der Waals surface area contributed by atoms with Crippen LogP contribution in [0.3, 0.4) is 0 Å². The molecule has 0 spiro atoms. The van der Waals surface area contributed by atoms with E-state index in [2.05, 4.69) is 5.32 Å². The van der Waals surface area contributed by atoms with E-state index in [4.69, 9.17) is 0 Å². The number of nitrogens with zero attached hydrogens (tertiary/aromatic N) is 2. The van der Waals surface area contributed by atoms with Crippen molar-refractivity contribution in [1.82, 2.24) is 14.5 Å². The number of hydrogen-bond acceptors (Lipinski definition) is 4. The number of carbonyl (C=O) groups is 2. The number of likely N-dealkylation sites (tertiary alicyclic amines) is 1. The van der Waals surface area contributed by atoms with E-state index in [0.717, 1.165) is 11.1 Å². The number of sulfonamides is 1. The van der Waals surface area contributed by atoms with Crippen molar-refractivity contribution in [2.75, 3.05) is 19.6 Å². The zero-order chi connectivity index (χ0) is 21.3. The second kappa shape index (κ2) is 8.44. The minimum absolute atomic E-state index is 0.0228. The SMILES string of the molecule is Cc1ccc(C)c(S(=O)(=O)N2CCC(NC(=O)C3CC(=O)N(C(C)C)C3)CC2)c1. The summed E-state index contributed by atoms with van der Waals surface area (Å²) < 4.78 is 27.6. The molecular weight excluding hydrogens is 390 g/mol. The van der Waals surface area contributed by atoms with Gasteiger partial charge in [-0.25, -0.2) is 8.42 Å². The number of benzene rings is 1. The Hall–Kier alpha value is -1.93. The van der Waals surface area contributed by atoms with Gasteiger partial charge in [0.1, 0.15) is 0 Å². The first-order chi connectivity index (χ1) is 13.6. The molecule has 1 unspecified atom stereocenters. The monoisotopic (exact) mass is 421 g/mol. The third-order valence-electron chi connectivity index (χ3n) is 5.91. The number of piperidine rings is 1. The highest BCUT2D eigenvalue weighted by Gasteiger charge is 2.37. The molecule has 0 radical (unpaired) electrons. The number of aryl methyl sites for hydroxylation is 2. The molecule has 0 saturated carbocycles. The molecule has 2 heterocycles. The lowest BCUT2D eigenvalue weighted by Crippen LogP contribution is -2.48. The Morgan fingerprint density at radius 2 is 1.83 bits per heavy atom. The molecule has 1 atom stereocenters. The Morgan fingerprint density at radius 3 is 2.41 bits per heavy atom. The summed E-state index contributed by atoms with van der Waals surface area (Å²) in [6, 6.07) is 5.49. The normalized spacial score (nSPS) is 21.8. The first-order valence-corrected chi connectivity index (χ1v) is 11.7. The molecule has 2 aliphatic heterocycles. The average Bonchev–Trinajstić information content (AvgIpc) is 3.06. The van der Waals surface area contributed by atoms with Gasteiger partial charge in [0.25, 0.3) is 0 Å². The van der Waals surface area contributed by atoms with Gasteiger partial charge in [0.05, 0.1) is 10.8 Å². The van der Waals surface area contributed by atoms with Gasteiger partial charge in [-0.2, -0.15) is 4.31 Å². The summed E-state index contributed by atoms with van der Waals surface area (Å²) in [5.41, 5.74) is 1.66. The second-order valence-corrected chi connectivity index (χ2v) is 10.4. The van der Waals surface area contributed by atoms with Gasteiger partial charge >= 0.3 is 0 Å². The third kappa shape index (κ3) is 4.64. The summed E-state index contributed by atoms with van der Waals surface area (Å²) >= 11 is 0. The van der Waals surface area contributed by atoms with Crippen LogP contribution in [0.1, 0.15) is 44.2 Å². The van der Waals surface area contributed by atoms with Crippen LogP contribution < -0.4 is 5.32 Å². The summed E-state index contributed by atoms with van der Waals surface area (Å²) in [5, 5.41) is 3.03. The predicted octanol–water partition coefficient (Wildman–Crippen LogP) is 1.83. The molecule has 2 saturated heterocycles. The van der Waals surface area contributed by atoms with Crippen LogP contribution in [-0.2, 0) is 19.6 Å². The van der Waals surface area contributed by atoms with Gasteiger partial charge in [-0.15, -0.1) is 0 Å². The van der Waals surface area contributed by atoms with Crippen molar-refractivity contribution in [1.29, 1.82) is 0 Å².